The van der Waals surface area contributed by atoms with Crippen molar-refractivity contribution in [3.63, 3.8) is 0 Å². The third-order valence-electron chi connectivity index (χ3n) is 5.60. The van der Waals surface area contributed by atoms with Gasteiger partial charge in [0.25, 0.3) is 5.56 Å². The molecular formula is C25H23F2N5O4S. The molecule has 0 spiro atoms. The van der Waals surface area contributed by atoms with Gasteiger partial charge in [-0.15, -0.1) is 11.8 Å². The van der Waals surface area contributed by atoms with Crippen LogP contribution in [0, 0.1) is 11.6 Å². The first-order chi connectivity index (χ1) is 17.6. The standard InChI is InChI=1S/C25H23F2N5O4S/c1-12(2)20-22(17(7-9-29-20)37-10-8-18(33)36-3)32-23-13(24(34)31-25(32)35)11-15(27)21(30-23)19-14(26)5-4-6-16(19)28/h4-7,9,11-12H,8,10,28H2,1-3H3,(H,31,34,35). The summed E-state index contributed by atoms with van der Waals surface area (Å²) in [5.74, 6) is -2.04. The number of benzene rings is 1. The van der Waals surface area contributed by atoms with Gasteiger partial charge >= 0.3 is 11.7 Å². The Morgan fingerprint density at radius 3 is 2.65 bits per heavy atom. The van der Waals surface area contributed by atoms with Gasteiger partial charge in [-0.05, 0) is 30.2 Å². The van der Waals surface area contributed by atoms with Crippen LogP contribution in [0.2, 0.25) is 0 Å². The minimum atomic E-state index is -0.983. The number of carbonyl (C=O) groups excluding carboxylic acids is 1. The molecule has 0 saturated carbocycles. The highest BCUT2D eigenvalue weighted by atomic mass is 32.2. The summed E-state index contributed by atoms with van der Waals surface area (Å²) < 4.78 is 35.7. The summed E-state index contributed by atoms with van der Waals surface area (Å²) in [6.07, 6.45) is 1.68. The van der Waals surface area contributed by atoms with Crippen molar-refractivity contribution < 1.29 is 18.3 Å². The first kappa shape index (κ1) is 26.0. The number of carbonyl (C=O) groups is 1. The number of nitrogen functional groups attached to an aromatic ring is 1. The Balaban J connectivity index is 2.05. The van der Waals surface area contributed by atoms with Crippen LogP contribution in [0.25, 0.3) is 28.0 Å². The molecule has 192 valence electrons. The van der Waals surface area contributed by atoms with E-state index in [1.807, 2.05) is 13.8 Å². The van der Waals surface area contributed by atoms with Gasteiger partial charge in [0.15, 0.2) is 11.5 Å². The van der Waals surface area contributed by atoms with Gasteiger partial charge in [0.2, 0.25) is 0 Å². The smallest absolute Gasteiger partial charge is 0.334 e. The van der Waals surface area contributed by atoms with Crippen molar-refractivity contribution >= 4 is 34.5 Å². The zero-order valence-corrected chi connectivity index (χ0v) is 21.0. The third-order valence-corrected chi connectivity index (χ3v) is 6.64. The van der Waals surface area contributed by atoms with E-state index >= 15 is 4.39 Å². The van der Waals surface area contributed by atoms with Crippen LogP contribution in [0.3, 0.4) is 0 Å². The van der Waals surface area contributed by atoms with Crippen molar-refractivity contribution in [2.45, 2.75) is 31.1 Å². The lowest BCUT2D eigenvalue weighted by Crippen LogP contribution is -2.31. The number of hydrogen-bond donors (Lipinski definition) is 2. The van der Waals surface area contributed by atoms with Crippen LogP contribution < -0.4 is 17.0 Å². The molecular weight excluding hydrogens is 504 g/mol. The van der Waals surface area contributed by atoms with E-state index in [1.54, 1.807) is 12.3 Å². The fraction of sp³-hybridized carbons (Fsp3) is 0.240. The zero-order valence-electron chi connectivity index (χ0n) is 20.2. The molecule has 37 heavy (non-hydrogen) atoms. The molecule has 0 aliphatic heterocycles. The Morgan fingerprint density at radius 2 is 1.97 bits per heavy atom. The summed E-state index contributed by atoms with van der Waals surface area (Å²) in [6, 6.07) is 6.42. The van der Waals surface area contributed by atoms with Gasteiger partial charge < -0.3 is 10.5 Å². The molecule has 0 atom stereocenters. The van der Waals surface area contributed by atoms with E-state index in [2.05, 4.69) is 15.0 Å². The van der Waals surface area contributed by atoms with E-state index in [1.165, 1.54) is 31.0 Å². The first-order valence-electron chi connectivity index (χ1n) is 11.2. The van der Waals surface area contributed by atoms with Crippen molar-refractivity contribution in [2.75, 3.05) is 18.6 Å². The Labute approximate surface area is 213 Å². The van der Waals surface area contributed by atoms with Gasteiger partial charge in [-0.25, -0.2) is 23.1 Å². The van der Waals surface area contributed by atoms with E-state index in [9.17, 15) is 18.8 Å². The second-order valence-electron chi connectivity index (χ2n) is 8.36. The lowest BCUT2D eigenvalue weighted by Gasteiger charge is -2.19. The average Bonchev–Trinajstić information content (AvgIpc) is 2.85. The highest BCUT2D eigenvalue weighted by molar-refractivity contribution is 7.99. The van der Waals surface area contributed by atoms with Gasteiger partial charge in [-0.3, -0.25) is 19.6 Å². The maximum Gasteiger partial charge on any atom is 0.334 e. The minimum absolute atomic E-state index is 0.0622. The van der Waals surface area contributed by atoms with Gasteiger partial charge in [0.1, 0.15) is 11.5 Å². The number of nitrogens with one attached hydrogen (secondary N) is 1. The molecule has 3 aromatic heterocycles. The summed E-state index contributed by atoms with van der Waals surface area (Å²) in [7, 11) is 1.29. The molecule has 1 aromatic carbocycles. The number of rotatable bonds is 7. The minimum Gasteiger partial charge on any atom is -0.469 e. The maximum absolute atomic E-state index is 15.2. The number of esters is 1. The van der Waals surface area contributed by atoms with E-state index in [4.69, 9.17) is 10.5 Å². The fourth-order valence-corrected chi connectivity index (χ4v) is 4.85. The average molecular weight is 528 g/mol. The zero-order chi connectivity index (χ0) is 26.9. The summed E-state index contributed by atoms with van der Waals surface area (Å²) in [6.45, 7) is 3.73. The maximum atomic E-state index is 15.2. The Kier molecular flexibility index (Phi) is 7.39. The van der Waals surface area contributed by atoms with Crippen LogP contribution in [-0.4, -0.2) is 38.4 Å². The number of fused-ring (bicyclic) bond motifs is 1. The number of methoxy groups -OCH3 is 1. The first-order valence-corrected chi connectivity index (χ1v) is 12.2. The van der Waals surface area contributed by atoms with Crippen LogP contribution in [0.1, 0.15) is 31.9 Å². The summed E-state index contributed by atoms with van der Waals surface area (Å²) in [5, 5.41) is -0.222. The van der Waals surface area contributed by atoms with Crippen molar-refractivity contribution in [1.29, 1.82) is 0 Å². The lowest BCUT2D eigenvalue weighted by molar-refractivity contribution is -0.140. The predicted octanol–water partition coefficient (Wildman–Crippen LogP) is 3.78. The SMILES string of the molecule is COC(=O)CCSc1ccnc(C(C)C)c1-n1c(=O)[nH]c(=O)c2cc(F)c(-c3c(N)cccc3F)nc21. The quantitative estimate of drug-likeness (QED) is 0.211. The lowest BCUT2D eigenvalue weighted by atomic mass is 10.1. The predicted molar refractivity (Wildman–Crippen MR) is 137 cm³/mol. The monoisotopic (exact) mass is 527 g/mol. The van der Waals surface area contributed by atoms with Crippen LogP contribution >= 0.6 is 11.8 Å². The number of ether oxygens (including phenoxy) is 1. The van der Waals surface area contributed by atoms with Crippen molar-refractivity contribution in [3.8, 4) is 16.9 Å². The Morgan fingerprint density at radius 1 is 1.22 bits per heavy atom. The number of pyridine rings is 2. The topological polar surface area (TPSA) is 133 Å². The largest absolute Gasteiger partial charge is 0.469 e. The summed E-state index contributed by atoms with van der Waals surface area (Å²) in [4.78, 5) is 49.0. The van der Waals surface area contributed by atoms with Crippen molar-refractivity contribution in [2.24, 2.45) is 0 Å². The van der Waals surface area contributed by atoms with Gasteiger partial charge in [-0.1, -0.05) is 19.9 Å². The molecule has 0 unspecified atom stereocenters. The number of anilines is 1. The molecule has 9 nitrogen and oxygen atoms in total. The van der Waals surface area contributed by atoms with Gasteiger partial charge in [0, 0.05) is 22.5 Å². The molecule has 0 bridgehead atoms. The van der Waals surface area contributed by atoms with Crippen LogP contribution in [0.4, 0.5) is 14.5 Å². The van der Waals surface area contributed by atoms with Crippen LogP contribution in [0.5, 0.6) is 0 Å². The number of nitrogens with two attached hydrogens (primary N) is 1. The third kappa shape index (κ3) is 4.96. The molecule has 0 saturated heterocycles. The fourth-order valence-electron chi connectivity index (χ4n) is 3.87. The molecule has 12 heteroatoms. The molecule has 4 rings (SSSR count). The Hall–Kier alpha value is -4.06. The number of H-pyrrole nitrogens is 1. The van der Waals surface area contributed by atoms with Crippen LogP contribution in [0.15, 0.2) is 51.0 Å². The molecule has 0 fully saturated rings. The van der Waals surface area contributed by atoms with Gasteiger partial charge in [0.05, 0.1) is 35.9 Å². The molecule has 3 N–H and O–H groups in total. The van der Waals surface area contributed by atoms with Crippen molar-refractivity contribution in [3.05, 3.63) is 74.7 Å². The molecule has 0 amide bonds. The van der Waals surface area contributed by atoms with E-state index in [0.717, 1.165) is 16.7 Å². The van der Waals surface area contributed by atoms with E-state index in [-0.39, 0.29) is 34.6 Å². The van der Waals surface area contributed by atoms with E-state index in [0.29, 0.717) is 22.0 Å². The second kappa shape index (κ2) is 10.5. The number of nitrogens with zero attached hydrogens (tertiary/aromatic N) is 3. The van der Waals surface area contributed by atoms with Crippen LogP contribution in [-0.2, 0) is 9.53 Å². The number of thioether (sulfide) groups is 1. The number of hydrogen-bond acceptors (Lipinski definition) is 8. The molecule has 3 heterocycles. The molecule has 0 aliphatic carbocycles. The van der Waals surface area contributed by atoms with Crippen molar-refractivity contribution in [1.82, 2.24) is 19.5 Å². The normalized spacial score (nSPS) is 11.3. The number of aromatic amines is 1. The highest BCUT2D eigenvalue weighted by Crippen LogP contribution is 2.34. The number of halogens is 2. The molecule has 4 aromatic rings. The molecule has 0 radical (unpaired) electrons. The number of aromatic nitrogens is 4. The summed E-state index contributed by atoms with van der Waals surface area (Å²) in [5.41, 5.74) is 4.04. The second-order valence-corrected chi connectivity index (χ2v) is 9.50. The highest BCUT2D eigenvalue weighted by Gasteiger charge is 2.24. The van der Waals surface area contributed by atoms with Gasteiger partial charge in [-0.2, -0.15) is 0 Å². The van der Waals surface area contributed by atoms with E-state index < -0.39 is 34.5 Å². The Bertz CT molecular complexity index is 1610. The summed E-state index contributed by atoms with van der Waals surface area (Å²) >= 11 is 1.27. The molecule has 0 aliphatic rings.